The van der Waals surface area contributed by atoms with Gasteiger partial charge in [-0.1, -0.05) is 36.0 Å². The molecular weight excluding hydrogens is 268 g/mol. The largest absolute Gasteiger partial charge is 0.489 e. The Morgan fingerprint density at radius 1 is 1.28 bits per heavy atom. The number of nitrogens with two attached hydrogens (primary N) is 1. The van der Waals surface area contributed by atoms with Crippen LogP contribution in [0, 0.1) is 0 Å². The first-order chi connectivity index (χ1) is 8.65. The average molecular weight is 279 g/mol. The van der Waals surface area contributed by atoms with Gasteiger partial charge < -0.3 is 10.5 Å². The number of halogens is 1. The number of rotatable bonds is 4. The Labute approximate surface area is 116 Å². The molecule has 2 aromatic rings. The number of benzene rings is 1. The van der Waals surface area contributed by atoms with E-state index < -0.39 is 0 Å². The minimum Gasteiger partial charge on any atom is -0.489 e. The second-order valence-electron chi connectivity index (χ2n) is 3.66. The molecule has 1 aromatic heterocycles. The fraction of sp³-hybridized carbons (Fsp3) is 0.0769. The minimum atomic E-state index is 0.256. The molecule has 2 rings (SSSR count). The Bertz CT molecular complexity index is 557. The molecule has 0 saturated carbocycles. The average Bonchev–Trinajstić information content (AvgIpc) is 2.38. The second kappa shape index (κ2) is 5.80. The van der Waals surface area contributed by atoms with Gasteiger partial charge in [-0.3, -0.25) is 4.98 Å². The maximum absolute atomic E-state index is 5.81. The molecule has 18 heavy (non-hydrogen) atoms. The Kier molecular flexibility index (Phi) is 4.12. The van der Waals surface area contributed by atoms with Gasteiger partial charge >= 0.3 is 0 Å². The second-order valence-corrected chi connectivity index (χ2v) is 4.53. The highest BCUT2D eigenvalue weighted by Crippen LogP contribution is 2.15. The first kappa shape index (κ1) is 12.8. The van der Waals surface area contributed by atoms with E-state index in [1.165, 1.54) is 0 Å². The van der Waals surface area contributed by atoms with Crippen molar-refractivity contribution in [2.45, 2.75) is 6.61 Å². The van der Waals surface area contributed by atoms with E-state index >= 15 is 0 Å². The van der Waals surface area contributed by atoms with E-state index in [4.69, 9.17) is 34.3 Å². The number of aromatic nitrogens is 1. The van der Waals surface area contributed by atoms with E-state index in [-0.39, 0.29) is 4.99 Å². The molecule has 2 N–H and O–H groups in total. The van der Waals surface area contributed by atoms with Gasteiger partial charge in [-0.15, -0.1) is 0 Å². The number of nitrogens with zero attached hydrogens (tertiary/aromatic N) is 1. The summed E-state index contributed by atoms with van der Waals surface area (Å²) in [6.45, 7) is 0.456. The summed E-state index contributed by atoms with van der Waals surface area (Å²) in [5, 5.41) is 0.707. The number of pyridine rings is 1. The number of ether oxygens (including phenoxy) is 1. The van der Waals surface area contributed by atoms with E-state index in [0.29, 0.717) is 23.1 Å². The Balaban J connectivity index is 2.04. The summed E-state index contributed by atoms with van der Waals surface area (Å²) in [7, 11) is 0. The third-order valence-electron chi connectivity index (χ3n) is 2.30. The van der Waals surface area contributed by atoms with Crippen molar-refractivity contribution in [2.75, 3.05) is 0 Å². The zero-order valence-corrected chi connectivity index (χ0v) is 11.0. The van der Waals surface area contributed by atoms with Crippen LogP contribution in [0.5, 0.6) is 5.75 Å². The molecule has 0 aliphatic rings. The number of thiocarbonyl (C=S) groups is 1. The lowest BCUT2D eigenvalue weighted by Gasteiger charge is -2.07. The van der Waals surface area contributed by atoms with Gasteiger partial charge in [0.1, 0.15) is 23.0 Å². The Morgan fingerprint density at radius 3 is 2.67 bits per heavy atom. The summed E-state index contributed by atoms with van der Waals surface area (Å²) in [5.74, 6) is 0.683. The molecule has 0 aliphatic carbocycles. The molecule has 0 unspecified atom stereocenters. The first-order valence-electron chi connectivity index (χ1n) is 5.28. The van der Waals surface area contributed by atoms with Crippen LogP contribution in [0.3, 0.4) is 0 Å². The van der Waals surface area contributed by atoms with Gasteiger partial charge in [0, 0.05) is 17.3 Å². The highest BCUT2D eigenvalue weighted by molar-refractivity contribution is 7.80. The van der Waals surface area contributed by atoms with E-state index in [2.05, 4.69) is 4.98 Å². The molecule has 1 heterocycles. The molecule has 0 radical (unpaired) electrons. The van der Waals surface area contributed by atoms with Crippen molar-refractivity contribution in [3.05, 3.63) is 58.9 Å². The lowest BCUT2D eigenvalue weighted by Crippen LogP contribution is -2.11. The molecule has 0 atom stereocenters. The maximum atomic E-state index is 5.81. The first-order valence-corrected chi connectivity index (χ1v) is 6.07. The SMILES string of the molecule is NC(=S)c1cc(OCc2ccc(Cl)cc2)ccn1. The van der Waals surface area contributed by atoms with Crippen molar-refractivity contribution < 1.29 is 4.74 Å². The predicted octanol–water partition coefficient (Wildman–Crippen LogP) is 2.95. The minimum absolute atomic E-state index is 0.256. The van der Waals surface area contributed by atoms with Crippen LogP contribution >= 0.6 is 23.8 Å². The van der Waals surface area contributed by atoms with Crippen LogP contribution in [0.4, 0.5) is 0 Å². The Morgan fingerprint density at radius 2 is 2.00 bits per heavy atom. The van der Waals surface area contributed by atoms with E-state index in [9.17, 15) is 0 Å². The zero-order chi connectivity index (χ0) is 13.0. The van der Waals surface area contributed by atoms with Gasteiger partial charge in [0.15, 0.2) is 0 Å². The van der Waals surface area contributed by atoms with Crippen LogP contribution < -0.4 is 10.5 Å². The monoisotopic (exact) mass is 278 g/mol. The van der Waals surface area contributed by atoms with Gasteiger partial charge in [0.25, 0.3) is 0 Å². The fourth-order valence-electron chi connectivity index (χ4n) is 1.38. The number of hydrogen-bond acceptors (Lipinski definition) is 3. The molecule has 1 aromatic carbocycles. The Hall–Kier alpha value is -1.65. The quantitative estimate of drug-likeness (QED) is 0.874. The zero-order valence-electron chi connectivity index (χ0n) is 9.47. The van der Waals surface area contributed by atoms with E-state index in [1.54, 1.807) is 18.3 Å². The third-order valence-corrected chi connectivity index (χ3v) is 2.76. The van der Waals surface area contributed by atoms with Gasteiger partial charge in [-0.05, 0) is 23.8 Å². The molecule has 92 valence electrons. The van der Waals surface area contributed by atoms with Crippen molar-refractivity contribution in [1.29, 1.82) is 0 Å². The molecule has 0 aliphatic heterocycles. The molecule has 0 saturated heterocycles. The van der Waals surface area contributed by atoms with Crippen molar-refractivity contribution >= 4 is 28.8 Å². The van der Waals surface area contributed by atoms with Crippen molar-refractivity contribution in [2.24, 2.45) is 5.73 Å². The van der Waals surface area contributed by atoms with Crippen LogP contribution in [0.2, 0.25) is 5.02 Å². The van der Waals surface area contributed by atoms with E-state index in [0.717, 1.165) is 5.56 Å². The molecule has 0 bridgehead atoms. The van der Waals surface area contributed by atoms with Crippen LogP contribution in [-0.2, 0) is 6.61 Å². The summed E-state index contributed by atoms with van der Waals surface area (Å²) in [4.78, 5) is 4.30. The summed E-state index contributed by atoms with van der Waals surface area (Å²) in [6.07, 6.45) is 1.62. The third kappa shape index (κ3) is 3.42. The van der Waals surface area contributed by atoms with Crippen molar-refractivity contribution in [3.63, 3.8) is 0 Å². The highest BCUT2D eigenvalue weighted by Gasteiger charge is 2.01. The molecule has 5 heteroatoms. The normalized spacial score (nSPS) is 10.1. The summed E-state index contributed by atoms with van der Waals surface area (Å²) in [5.41, 5.74) is 7.09. The van der Waals surface area contributed by atoms with Gasteiger partial charge in [0.2, 0.25) is 0 Å². The van der Waals surface area contributed by atoms with Gasteiger partial charge in [-0.2, -0.15) is 0 Å². The molecular formula is C13H11ClN2OS. The lowest BCUT2D eigenvalue weighted by molar-refractivity contribution is 0.306. The topological polar surface area (TPSA) is 48.1 Å². The van der Waals surface area contributed by atoms with Crippen molar-refractivity contribution in [3.8, 4) is 5.75 Å². The standard InChI is InChI=1S/C13H11ClN2OS/c14-10-3-1-9(2-4-10)8-17-11-5-6-16-12(7-11)13(15)18/h1-7H,8H2,(H2,15,18). The highest BCUT2D eigenvalue weighted by atomic mass is 35.5. The maximum Gasteiger partial charge on any atom is 0.123 e. The smallest absolute Gasteiger partial charge is 0.123 e. The van der Waals surface area contributed by atoms with Gasteiger partial charge in [-0.25, -0.2) is 0 Å². The molecule has 0 spiro atoms. The molecule has 3 nitrogen and oxygen atoms in total. The fourth-order valence-corrected chi connectivity index (χ4v) is 1.62. The molecule has 0 amide bonds. The van der Waals surface area contributed by atoms with Crippen molar-refractivity contribution in [1.82, 2.24) is 4.98 Å². The number of hydrogen-bond donors (Lipinski definition) is 1. The predicted molar refractivity (Wildman–Crippen MR) is 75.9 cm³/mol. The summed E-state index contributed by atoms with van der Waals surface area (Å²) in [6, 6.07) is 11.0. The van der Waals surface area contributed by atoms with Crippen LogP contribution in [0.15, 0.2) is 42.6 Å². The van der Waals surface area contributed by atoms with Crippen LogP contribution in [0.25, 0.3) is 0 Å². The lowest BCUT2D eigenvalue weighted by atomic mass is 10.2. The van der Waals surface area contributed by atoms with Crippen LogP contribution in [0.1, 0.15) is 11.3 Å². The molecule has 0 fully saturated rings. The summed E-state index contributed by atoms with van der Waals surface area (Å²) < 4.78 is 5.62. The summed E-state index contributed by atoms with van der Waals surface area (Å²) >= 11 is 10.7. The van der Waals surface area contributed by atoms with E-state index in [1.807, 2.05) is 24.3 Å². The van der Waals surface area contributed by atoms with Gasteiger partial charge in [0.05, 0.1) is 0 Å². The van der Waals surface area contributed by atoms with Crippen LogP contribution in [-0.4, -0.2) is 9.97 Å².